The van der Waals surface area contributed by atoms with Crippen molar-refractivity contribution in [2.75, 3.05) is 6.61 Å². The SMILES string of the molecule is CCOC(=O)/C=C/CCCCC=O. The maximum Gasteiger partial charge on any atom is 0.330 e. The largest absolute Gasteiger partial charge is 0.463 e. The predicted octanol–water partition coefficient (Wildman–Crippen LogP) is 1.86. The summed E-state index contributed by atoms with van der Waals surface area (Å²) in [6.07, 6.45) is 7.38. The molecule has 3 nitrogen and oxygen atoms in total. The van der Waals surface area contributed by atoms with E-state index in [0.29, 0.717) is 13.0 Å². The third-order valence-corrected chi connectivity index (χ3v) is 1.48. The second kappa shape index (κ2) is 8.97. The van der Waals surface area contributed by atoms with Crippen LogP contribution in [-0.4, -0.2) is 18.9 Å². The van der Waals surface area contributed by atoms with Crippen molar-refractivity contribution in [2.45, 2.75) is 32.6 Å². The molecule has 0 atom stereocenters. The first-order valence-corrected chi connectivity index (χ1v) is 4.58. The highest BCUT2D eigenvalue weighted by molar-refractivity contribution is 5.81. The predicted molar refractivity (Wildman–Crippen MR) is 50.3 cm³/mol. The van der Waals surface area contributed by atoms with Gasteiger partial charge in [-0.15, -0.1) is 0 Å². The maximum atomic E-state index is 10.8. The fourth-order valence-corrected chi connectivity index (χ4v) is 0.860. The second-order valence-electron chi connectivity index (χ2n) is 2.61. The van der Waals surface area contributed by atoms with E-state index in [4.69, 9.17) is 0 Å². The highest BCUT2D eigenvalue weighted by Gasteiger charge is 1.91. The zero-order chi connectivity index (χ0) is 9.94. The minimum Gasteiger partial charge on any atom is -0.463 e. The van der Waals surface area contributed by atoms with Gasteiger partial charge >= 0.3 is 5.97 Å². The minimum atomic E-state index is -0.294. The molecule has 0 rings (SSSR count). The Labute approximate surface area is 78.8 Å². The lowest BCUT2D eigenvalue weighted by Crippen LogP contribution is -1.98. The molecule has 0 aliphatic rings. The van der Waals surface area contributed by atoms with Gasteiger partial charge in [-0.25, -0.2) is 4.79 Å². The number of aldehydes is 1. The lowest BCUT2D eigenvalue weighted by Gasteiger charge is -1.94. The Morgan fingerprint density at radius 2 is 2.00 bits per heavy atom. The van der Waals surface area contributed by atoms with Crippen LogP contribution in [0.25, 0.3) is 0 Å². The summed E-state index contributed by atoms with van der Waals surface area (Å²) in [7, 11) is 0. The number of ether oxygens (including phenoxy) is 1. The molecule has 0 amide bonds. The first-order chi connectivity index (χ1) is 6.31. The van der Waals surface area contributed by atoms with E-state index in [1.165, 1.54) is 6.08 Å². The maximum absolute atomic E-state index is 10.8. The van der Waals surface area contributed by atoms with Crippen molar-refractivity contribution in [1.29, 1.82) is 0 Å². The van der Waals surface area contributed by atoms with Crippen molar-refractivity contribution in [3.8, 4) is 0 Å². The lowest BCUT2D eigenvalue weighted by molar-refractivity contribution is -0.137. The summed E-state index contributed by atoms with van der Waals surface area (Å²) in [5.74, 6) is -0.294. The number of hydrogen-bond acceptors (Lipinski definition) is 3. The molecular weight excluding hydrogens is 168 g/mol. The molecule has 0 aromatic rings. The van der Waals surface area contributed by atoms with E-state index in [9.17, 15) is 9.59 Å². The number of hydrogen-bond donors (Lipinski definition) is 0. The molecule has 0 unspecified atom stereocenters. The highest BCUT2D eigenvalue weighted by atomic mass is 16.5. The average molecular weight is 184 g/mol. The monoisotopic (exact) mass is 184 g/mol. The van der Waals surface area contributed by atoms with E-state index in [-0.39, 0.29) is 5.97 Å². The summed E-state index contributed by atoms with van der Waals surface area (Å²) in [5, 5.41) is 0. The quantitative estimate of drug-likeness (QED) is 0.262. The Hall–Kier alpha value is -1.12. The van der Waals surface area contributed by atoms with Gasteiger partial charge in [0.2, 0.25) is 0 Å². The number of carbonyl (C=O) groups excluding carboxylic acids is 2. The second-order valence-corrected chi connectivity index (χ2v) is 2.61. The molecule has 0 aromatic heterocycles. The van der Waals surface area contributed by atoms with Crippen LogP contribution in [0, 0.1) is 0 Å². The van der Waals surface area contributed by atoms with Gasteiger partial charge < -0.3 is 9.53 Å². The Balaban J connectivity index is 3.29. The molecule has 0 saturated carbocycles. The fourth-order valence-electron chi connectivity index (χ4n) is 0.860. The van der Waals surface area contributed by atoms with Gasteiger partial charge in [0.1, 0.15) is 6.29 Å². The van der Waals surface area contributed by atoms with Gasteiger partial charge in [0.15, 0.2) is 0 Å². The van der Waals surface area contributed by atoms with Gasteiger partial charge in [0, 0.05) is 12.5 Å². The zero-order valence-electron chi connectivity index (χ0n) is 7.99. The number of unbranched alkanes of at least 4 members (excludes halogenated alkanes) is 3. The molecule has 0 fully saturated rings. The smallest absolute Gasteiger partial charge is 0.330 e. The van der Waals surface area contributed by atoms with Crippen molar-refractivity contribution < 1.29 is 14.3 Å². The Bertz CT molecular complexity index is 173. The van der Waals surface area contributed by atoms with E-state index in [2.05, 4.69) is 4.74 Å². The summed E-state index contributed by atoms with van der Waals surface area (Å²) in [6, 6.07) is 0. The third-order valence-electron chi connectivity index (χ3n) is 1.48. The van der Waals surface area contributed by atoms with E-state index in [0.717, 1.165) is 25.5 Å². The molecule has 13 heavy (non-hydrogen) atoms. The van der Waals surface area contributed by atoms with E-state index >= 15 is 0 Å². The zero-order valence-corrected chi connectivity index (χ0v) is 7.99. The van der Waals surface area contributed by atoms with E-state index in [1.807, 2.05) is 0 Å². The topological polar surface area (TPSA) is 43.4 Å². The van der Waals surface area contributed by atoms with Gasteiger partial charge in [0.25, 0.3) is 0 Å². The van der Waals surface area contributed by atoms with Crippen LogP contribution >= 0.6 is 0 Å². The Morgan fingerprint density at radius 3 is 2.62 bits per heavy atom. The van der Waals surface area contributed by atoms with Gasteiger partial charge in [-0.3, -0.25) is 0 Å². The standard InChI is InChI=1S/C10H16O3/c1-2-13-10(12)8-6-4-3-5-7-9-11/h6,8-9H,2-5,7H2,1H3/b8-6+. The summed E-state index contributed by atoms with van der Waals surface area (Å²) >= 11 is 0. The van der Waals surface area contributed by atoms with Gasteiger partial charge in [-0.1, -0.05) is 6.08 Å². The molecule has 0 radical (unpaired) electrons. The molecule has 0 aromatic carbocycles. The molecule has 0 saturated heterocycles. The molecule has 3 heteroatoms. The van der Waals surface area contributed by atoms with Crippen molar-refractivity contribution in [1.82, 2.24) is 0 Å². The molecule has 0 aliphatic heterocycles. The van der Waals surface area contributed by atoms with E-state index < -0.39 is 0 Å². The number of carbonyl (C=O) groups is 2. The summed E-state index contributed by atoms with van der Waals surface area (Å²) in [5.41, 5.74) is 0. The number of esters is 1. The van der Waals surface area contributed by atoms with Crippen LogP contribution in [0.5, 0.6) is 0 Å². The molecule has 0 bridgehead atoms. The summed E-state index contributed by atoms with van der Waals surface area (Å²) in [4.78, 5) is 20.7. The van der Waals surface area contributed by atoms with Crippen LogP contribution in [0.2, 0.25) is 0 Å². The minimum absolute atomic E-state index is 0.294. The van der Waals surface area contributed by atoms with Crippen LogP contribution in [0.3, 0.4) is 0 Å². The lowest BCUT2D eigenvalue weighted by atomic mass is 10.2. The average Bonchev–Trinajstić information content (AvgIpc) is 2.11. The van der Waals surface area contributed by atoms with Crippen LogP contribution in [0.4, 0.5) is 0 Å². The Morgan fingerprint density at radius 1 is 1.31 bits per heavy atom. The third kappa shape index (κ3) is 8.79. The molecule has 74 valence electrons. The summed E-state index contributed by atoms with van der Waals surface area (Å²) in [6.45, 7) is 2.18. The van der Waals surface area contributed by atoms with Crippen molar-refractivity contribution in [2.24, 2.45) is 0 Å². The molecule has 0 spiro atoms. The molecule has 0 aliphatic carbocycles. The van der Waals surface area contributed by atoms with Crippen molar-refractivity contribution in [3.05, 3.63) is 12.2 Å². The van der Waals surface area contributed by atoms with Crippen molar-refractivity contribution >= 4 is 12.3 Å². The van der Waals surface area contributed by atoms with Crippen molar-refractivity contribution in [3.63, 3.8) is 0 Å². The van der Waals surface area contributed by atoms with Crippen LogP contribution < -0.4 is 0 Å². The van der Waals surface area contributed by atoms with Crippen LogP contribution in [0.1, 0.15) is 32.6 Å². The Kier molecular flexibility index (Phi) is 8.20. The number of allylic oxidation sites excluding steroid dienone is 1. The molecular formula is C10H16O3. The fraction of sp³-hybridized carbons (Fsp3) is 0.600. The van der Waals surface area contributed by atoms with Crippen LogP contribution in [0.15, 0.2) is 12.2 Å². The molecule has 0 heterocycles. The number of rotatable bonds is 7. The van der Waals surface area contributed by atoms with Gasteiger partial charge in [0.05, 0.1) is 6.61 Å². The van der Waals surface area contributed by atoms with Gasteiger partial charge in [-0.2, -0.15) is 0 Å². The first kappa shape index (κ1) is 11.9. The van der Waals surface area contributed by atoms with Crippen LogP contribution in [-0.2, 0) is 14.3 Å². The first-order valence-electron chi connectivity index (χ1n) is 4.58. The van der Waals surface area contributed by atoms with Gasteiger partial charge in [-0.05, 0) is 26.2 Å². The highest BCUT2D eigenvalue weighted by Crippen LogP contribution is 1.98. The normalized spacial score (nSPS) is 10.2. The molecule has 0 N–H and O–H groups in total. The van der Waals surface area contributed by atoms with E-state index in [1.54, 1.807) is 13.0 Å². The summed E-state index contributed by atoms with van der Waals surface area (Å²) < 4.78 is 4.69.